The van der Waals surface area contributed by atoms with Crippen LogP contribution in [0.4, 0.5) is 0 Å². The van der Waals surface area contributed by atoms with Gasteiger partial charge in [0.25, 0.3) is 0 Å². The average Bonchev–Trinajstić information content (AvgIpc) is 3.47. The van der Waals surface area contributed by atoms with Crippen LogP contribution >= 0.6 is 0 Å². The van der Waals surface area contributed by atoms with E-state index in [2.05, 4.69) is 36.4 Å². The smallest absolute Gasteiger partial charge is 0.164 e. The monoisotopic (exact) mass is 550 g/mol. The number of hydrogen-bond donors (Lipinski definition) is 0. The first kappa shape index (κ1) is 24.7. The summed E-state index contributed by atoms with van der Waals surface area (Å²) in [4.78, 5) is 15.2. The molecule has 0 spiro atoms. The van der Waals surface area contributed by atoms with Gasteiger partial charge in [0.2, 0.25) is 0 Å². The highest BCUT2D eigenvalue weighted by Gasteiger charge is 2.21. The third-order valence-corrected chi connectivity index (χ3v) is 7.78. The summed E-state index contributed by atoms with van der Waals surface area (Å²) in [6, 6.07) is 46.4. The minimum absolute atomic E-state index is 0.559. The van der Waals surface area contributed by atoms with Gasteiger partial charge in [-0.3, -0.25) is 0 Å². The van der Waals surface area contributed by atoms with Crippen LogP contribution in [0.25, 0.3) is 78.0 Å². The molecule has 0 saturated heterocycles. The fourth-order valence-electron chi connectivity index (χ4n) is 5.77. The highest BCUT2D eigenvalue weighted by atomic mass is 16.3. The van der Waals surface area contributed by atoms with E-state index >= 15 is 0 Å². The van der Waals surface area contributed by atoms with E-state index in [0.717, 1.165) is 60.5 Å². The Morgan fingerprint density at radius 2 is 1.16 bits per heavy atom. The lowest BCUT2D eigenvalue weighted by atomic mass is 9.93. The zero-order valence-corrected chi connectivity index (χ0v) is 22.9. The minimum atomic E-state index is 0.559. The molecule has 2 heterocycles. The van der Waals surface area contributed by atoms with Crippen molar-refractivity contribution in [2.24, 2.45) is 0 Å². The van der Waals surface area contributed by atoms with Crippen molar-refractivity contribution < 1.29 is 4.42 Å². The van der Waals surface area contributed by atoms with E-state index in [9.17, 15) is 5.26 Å². The minimum Gasteiger partial charge on any atom is -0.456 e. The molecule has 2 aromatic heterocycles. The van der Waals surface area contributed by atoms with Gasteiger partial charge in [-0.05, 0) is 46.7 Å². The zero-order valence-electron chi connectivity index (χ0n) is 22.9. The third kappa shape index (κ3) is 4.21. The van der Waals surface area contributed by atoms with E-state index in [0.29, 0.717) is 23.0 Å². The Morgan fingerprint density at radius 3 is 1.98 bits per heavy atom. The Labute approximate surface area is 247 Å². The van der Waals surface area contributed by atoms with E-state index in [1.807, 2.05) is 103 Å². The molecule has 0 atom stereocenters. The highest BCUT2D eigenvalue weighted by molar-refractivity contribution is 6.15. The van der Waals surface area contributed by atoms with Gasteiger partial charge in [0.05, 0.1) is 11.6 Å². The van der Waals surface area contributed by atoms with E-state index in [1.165, 1.54) is 0 Å². The highest BCUT2D eigenvalue weighted by Crippen LogP contribution is 2.42. The first-order valence-electron chi connectivity index (χ1n) is 14.0. The molecule has 0 aliphatic rings. The molecular formula is C38H22N4O. The van der Waals surface area contributed by atoms with Crippen LogP contribution in [0.5, 0.6) is 0 Å². The van der Waals surface area contributed by atoms with E-state index in [-0.39, 0.29) is 0 Å². The molecule has 0 aliphatic carbocycles. The number of fused-ring (bicyclic) bond motifs is 4. The van der Waals surface area contributed by atoms with Crippen molar-refractivity contribution in [3.63, 3.8) is 0 Å². The molecule has 0 N–H and O–H groups in total. The molecular weight excluding hydrogens is 528 g/mol. The molecule has 0 bridgehead atoms. The molecule has 0 aliphatic heterocycles. The van der Waals surface area contributed by atoms with Crippen LogP contribution in [0.1, 0.15) is 5.56 Å². The van der Waals surface area contributed by atoms with Gasteiger partial charge < -0.3 is 4.42 Å². The van der Waals surface area contributed by atoms with E-state index < -0.39 is 0 Å². The van der Waals surface area contributed by atoms with Crippen molar-refractivity contribution in [2.75, 3.05) is 0 Å². The van der Waals surface area contributed by atoms with Crippen molar-refractivity contribution in [3.8, 4) is 51.4 Å². The number of nitrogens with zero attached hydrogens (tertiary/aromatic N) is 4. The van der Waals surface area contributed by atoms with Crippen molar-refractivity contribution in [1.29, 1.82) is 5.26 Å². The normalized spacial score (nSPS) is 11.2. The van der Waals surface area contributed by atoms with Crippen LogP contribution in [0.3, 0.4) is 0 Å². The van der Waals surface area contributed by atoms with Gasteiger partial charge in [0, 0.05) is 33.0 Å². The van der Waals surface area contributed by atoms with Crippen molar-refractivity contribution >= 4 is 32.7 Å². The van der Waals surface area contributed by atoms with Gasteiger partial charge in [-0.25, -0.2) is 15.0 Å². The number of hydrogen-bond acceptors (Lipinski definition) is 5. The van der Waals surface area contributed by atoms with Crippen molar-refractivity contribution in [1.82, 2.24) is 15.0 Å². The first-order valence-corrected chi connectivity index (χ1v) is 14.0. The molecule has 0 saturated carbocycles. The van der Waals surface area contributed by atoms with E-state index in [1.54, 1.807) is 0 Å². The second kappa shape index (κ2) is 10.1. The Balaban J connectivity index is 1.46. The van der Waals surface area contributed by atoms with Gasteiger partial charge in [-0.15, -0.1) is 0 Å². The summed E-state index contributed by atoms with van der Waals surface area (Å²) in [5.41, 5.74) is 6.76. The molecule has 0 radical (unpaired) electrons. The summed E-state index contributed by atoms with van der Waals surface area (Å²) < 4.78 is 6.28. The molecule has 0 amide bonds. The number of para-hydroxylation sites is 1. The predicted octanol–water partition coefficient (Wildman–Crippen LogP) is 9.46. The van der Waals surface area contributed by atoms with Gasteiger partial charge in [-0.1, -0.05) is 103 Å². The lowest BCUT2D eigenvalue weighted by molar-refractivity contribution is 0.669. The SMILES string of the molecule is N#Cc1ccc(-c2c(-c3nc(-c4ccccc4)nc(-c4cccc5ccccc45)n3)ccc3oc4ccccc4c23)cc1. The number of nitriles is 1. The van der Waals surface area contributed by atoms with Crippen LogP contribution in [-0.2, 0) is 0 Å². The largest absolute Gasteiger partial charge is 0.456 e. The molecule has 200 valence electrons. The van der Waals surface area contributed by atoms with Gasteiger partial charge >= 0.3 is 0 Å². The van der Waals surface area contributed by atoms with Crippen molar-refractivity contribution in [3.05, 3.63) is 139 Å². The number of benzene rings is 6. The number of furan rings is 1. The van der Waals surface area contributed by atoms with Crippen LogP contribution in [0.2, 0.25) is 0 Å². The lowest BCUT2D eigenvalue weighted by Gasteiger charge is -2.14. The second-order valence-corrected chi connectivity index (χ2v) is 10.3. The lowest BCUT2D eigenvalue weighted by Crippen LogP contribution is -2.01. The summed E-state index contributed by atoms with van der Waals surface area (Å²) in [6.45, 7) is 0. The van der Waals surface area contributed by atoms with Crippen LogP contribution in [0, 0.1) is 11.3 Å². The molecule has 5 nitrogen and oxygen atoms in total. The molecule has 8 aromatic rings. The maximum atomic E-state index is 9.47. The summed E-state index contributed by atoms with van der Waals surface area (Å²) in [5.74, 6) is 1.75. The predicted molar refractivity (Wildman–Crippen MR) is 171 cm³/mol. The summed E-state index contributed by atoms with van der Waals surface area (Å²) >= 11 is 0. The topological polar surface area (TPSA) is 75.6 Å². The number of aromatic nitrogens is 3. The molecule has 43 heavy (non-hydrogen) atoms. The van der Waals surface area contributed by atoms with Crippen LogP contribution in [0.15, 0.2) is 138 Å². The third-order valence-electron chi connectivity index (χ3n) is 7.78. The molecule has 5 heteroatoms. The molecule has 0 fully saturated rings. The van der Waals surface area contributed by atoms with Gasteiger partial charge in [0.1, 0.15) is 11.2 Å². The fourth-order valence-corrected chi connectivity index (χ4v) is 5.77. The Morgan fingerprint density at radius 1 is 0.488 bits per heavy atom. The van der Waals surface area contributed by atoms with Crippen LogP contribution < -0.4 is 0 Å². The molecule has 8 rings (SSSR count). The Bertz CT molecular complexity index is 2340. The standard InChI is InChI=1S/C38H22N4O/c39-23-24-17-19-26(20-18-24)34-31(21-22-33-35(34)30-14-6-7-16-32(30)43-33)38-41-36(27-10-2-1-3-11-27)40-37(42-38)29-15-8-12-25-9-4-5-13-28(25)29/h1-22H. The molecule has 6 aromatic carbocycles. The van der Waals surface area contributed by atoms with Crippen molar-refractivity contribution in [2.45, 2.75) is 0 Å². The average molecular weight is 551 g/mol. The fraction of sp³-hybridized carbons (Fsp3) is 0. The quantitative estimate of drug-likeness (QED) is 0.218. The Hall–Kier alpha value is -6.12. The Kier molecular flexibility index (Phi) is 5.77. The van der Waals surface area contributed by atoms with Gasteiger partial charge in [0.15, 0.2) is 17.5 Å². The maximum absolute atomic E-state index is 9.47. The van der Waals surface area contributed by atoms with E-state index in [4.69, 9.17) is 19.4 Å². The first-order chi connectivity index (χ1) is 21.3. The van der Waals surface area contributed by atoms with Crippen LogP contribution in [-0.4, -0.2) is 15.0 Å². The van der Waals surface area contributed by atoms with Gasteiger partial charge in [-0.2, -0.15) is 5.26 Å². The maximum Gasteiger partial charge on any atom is 0.164 e. The molecule has 0 unspecified atom stereocenters. The zero-order chi connectivity index (χ0) is 28.8. The summed E-state index contributed by atoms with van der Waals surface area (Å²) in [6.07, 6.45) is 0. The summed E-state index contributed by atoms with van der Waals surface area (Å²) in [7, 11) is 0. The summed E-state index contributed by atoms with van der Waals surface area (Å²) in [5, 5.41) is 13.6. The number of rotatable bonds is 4. The second-order valence-electron chi connectivity index (χ2n) is 10.3.